The second-order valence-electron chi connectivity index (χ2n) is 6.08. The van der Waals surface area contributed by atoms with Crippen LogP contribution in [0.25, 0.3) is 0 Å². The smallest absolute Gasteiger partial charge is 0.239 e. The highest BCUT2D eigenvalue weighted by atomic mass is 16.2. The molecule has 0 saturated carbocycles. The molecule has 4 heteroatoms. The van der Waals surface area contributed by atoms with Gasteiger partial charge in [-0.3, -0.25) is 9.59 Å². The fourth-order valence-electron chi connectivity index (χ4n) is 1.87. The van der Waals surface area contributed by atoms with E-state index in [1.54, 1.807) is 0 Å². The summed E-state index contributed by atoms with van der Waals surface area (Å²) in [5, 5.41) is 5.53. The molecule has 0 aliphatic rings. The largest absolute Gasteiger partial charge is 0.348 e. The van der Waals surface area contributed by atoms with Crippen LogP contribution in [-0.4, -0.2) is 18.4 Å². The predicted molar refractivity (Wildman–Crippen MR) is 80.2 cm³/mol. The van der Waals surface area contributed by atoms with E-state index in [2.05, 4.69) is 10.6 Å². The molecule has 0 aliphatic heterocycles. The molecule has 0 spiro atoms. The van der Waals surface area contributed by atoms with Crippen molar-refractivity contribution in [1.82, 2.24) is 10.6 Å². The van der Waals surface area contributed by atoms with Crippen molar-refractivity contribution in [2.24, 2.45) is 5.41 Å². The van der Waals surface area contributed by atoms with Gasteiger partial charge < -0.3 is 10.6 Å². The van der Waals surface area contributed by atoms with Crippen molar-refractivity contribution in [2.75, 3.05) is 6.54 Å². The van der Waals surface area contributed by atoms with Crippen LogP contribution in [0.1, 0.15) is 44.9 Å². The number of aryl methyl sites for hydroxylation is 1. The van der Waals surface area contributed by atoms with Gasteiger partial charge in [-0.05, 0) is 25.0 Å². The van der Waals surface area contributed by atoms with Crippen molar-refractivity contribution < 1.29 is 9.59 Å². The van der Waals surface area contributed by atoms with Crippen LogP contribution in [0.5, 0.6) is 0 Å². The van der Waals surface area contributed by atoms with Crippen LogP contribution in [0.3, 0.4) is 0 Å². The Kier molecular flexibility index (Phi) is 5.31. The van der Waals surface area contributed by atoms with Crippen LogP contribution in [0, 0.1) is 12.3 Å². The van der Waals surface area contributed by atoms with Gasteiger partial charge >= 0.3 is 0 Å². The normalized spacial score (nSPS) is 12.7. The summed E-state index contributed by atoms with van der Waals surface area (Å²) in [5.74, 6) is -0.311. The average Bonchev–Trinajstić information content (AvgIpc) is 2.35. The molecule has 1 aromatic rings. The molecule has 0 saturated heterocycles. The monoisotopic (exact) mass is 276 g/mol. The van der Waals surface area contributed by atoms with Gasteiger partial charge in [0.15, 0.2) is 0 Å². The minimum Gasteiger partial charge on any atom is -0.348 e. The van der Waals surface area contributed by atoms with E-state index < -0.39 is 5.41 Å². The highest BCUT2D eigenvalue weighted by Gasteiger charge is 2.21. The Morgan fingerprint density at radius 2 is 1.80 bits per heavy atom. The van der Waals surface area contributed by atoms with Gasteiger partial charge in [0.2, 0.25) is 11.8 Å². The summed E-state index contributed by atoms with van der Waals surface area (Å²) < 4.78 is 0. The first-order chi connectivity index (χ1) is 9.21. The Bertz CT molecular complexity index is 489. The highest BCUT2D eigenvalue weighted by molar-refractivity contribution is 5.87. The van der Waals surface area contributed by atoms with Crippen molar-refractivity contribution >= 4 is 11.8 Å². The molecule has 1 aromatic carbocycles. The number of carbonyl (C=O) groups is 2. The first kappa shape index (κ1) is 16.2. The zero-order valence-electron chi connectivity index (χ0n) is 12.9. The molecule has 2 amide bonds. The minimum atomic E-state index is -0.484. The van der Waals surface area contributed by atoms with Gasteiger partial charge in [0, 0.05) is 5.41 Å². The molecule has 1 rings (SSSR count). The molecule has 1 atom stereocenters. The summed E-state index contributed by atoms with van der Waals surface area (Å²) in [6.45, 7) is 9.40. The molecule has 0 aromatic heterocycles. The van der Waals surface area contributed by atoms with E-state index in [1.165, 1.54) is 0 Å². The topological polar surface area (TPSA) is 58.2 Å². The molecule has 0 radical (unpaired) electrons. The third-order valence-electron chi connectivity index (χ3n) is 3.12. The van der Waals surface area contributed by atoms with Gasteiger partial charge in [0.05, 0.1) is 12.6 Å². The first-order valence-electron chi connectivity index (χ1n) is 6.85. The van der Waals surface area contributed by atoms with Crippen LogP contribution >= 0.6 is 0 Å². The molecule has 4 nitrogen and oxygen atoms in total. The molecular formula is C16H24N2O2. The fourth-order valence-corrected chi connectivity index (χ4v) is 1.87. The zero-order valence-corrected chi connectivity index (χ0v) is 12.9. The minimum absolute atomic E-state index is 0.00627. The molecule has 2 N–H and O–H groups in total. The summed E-state index contributed by atoms with van der Waals surface area (Å²) in [6, 6.07) is 7.85. The molecule has 0 heterocycles. The Hall–Kier alpha value is -1.84. The molecular weight excluding hydrogens is 252 g/mol. The molecule has 0 aliphatic carbocycles. The summed E-state index contributed by atoms with van der Waals surface area (Å²) in [4.78, 5) is 23.5. The number of hydrogen-bond donors (Lipinski definition) is 2. The van der Waals surface area contributed by atoms with E-state index in [4.69, 9.17) is 0 Å². The van der Waals surface area contributed by atoms with Crippen LogP contribution in [0.4, 0.5) is 0 Å². The number of amides is 2. The lowest BCUT2D eigenvalue weighted by Gasteiger charge is -2.19. The molecule has 1 unspecified atom stereocenters. The summed E-state index contributed by atoms with van der Waals surface area (Å²) in [7, 11) is 0. The van der Waals surface area contributed by atoms with Crippen LogP contribution in [0.2, 0.25) is 0 Å². The molecule has 110 valence electrons. The third kappa shape index (κ3) is 4.68. The van der Waals surface area contributed by atoms with Crippen LogP contribution in [-0.2, 0) is 9.59 Å². The molecule has 20 heavy (non-hydrogen) atoms. The maximum Gasteiger partial charge on any atom is 0.239 e. The van der Waals surface area contributed by atoms with Gasteiger partial charge in [-0.15, -0.1) is 0 Å². The maximum atomic E-state index is 11.8. The molecule has 0 fully saturated rings. The number of nitrogens with one attached hydrogen (secondary N) is 2. The number of hydrogen-bond acceptors (Lipinski definition) is 2. The highest BCUT2D eigenvalue weighted by Crippen LogP contribution is 2.16. The molecule has 0 bridgehead atoms. The standard InChI is InChI=1S/C16H24N2O2/c1-11-8-6-7-9-13(11)12(2)18-14(19)10-17-15(20)16(3,4)5/h6-9,12H,10H2,1-5H3,(H,17,20)(H,18,19). The van der Waals surface area contributed by atoms with Gasteiger partial charge in [-0.25, -0.2) is 0 Å². The second kappa shape index (κ2) is 6.55. The van der Waals surface area contributed by atoms with E-state index >= 15 is 0 Å². The van der Waals surface area contributed by atoms with E-state index in [9.17, 15) is 9.59 Å². The van der Waals surface area contributed by atoms with E-state index in [-0.39, 0.29) is 24.4 Å². The summed E-state index contributed by atoms with van der Waals surface area (Å²) in [5.41, 5.74) is 1.74. The van der Waals surface area contributed by atoms with Crippen molar-refractivity contribution in [3.05, 3.63) is 35.4 Å². The fraction of sp³-hybridized carbons (Fsp3) is 0.500. The number of rotatable bonds is 4. The van der Waals surface area contributed by atoms with E-state index in [0.29, 0.717) is 0 Å². The quantitative estimate of drug-likeness (QED) is 0.886. The average molecular weight is 276 g/mol. The number of benzene rings is 1. The van der Waals surface area contributed by atoms with Crippen molar-refractivity contribution in [3.63, 3.8) is 0 Å². The summed E-state index contributed by atoms with van der Waals surface area (Å²) in [6.07, 6.45) is 0. The van der Waals surface area contributed by atoms with Gasteiger partial charge in [-0.2, -0.15) is 0 Å². The lowest BCUT2D eigenvalue weighted by molar-refractivity contribution is -0.131. The Labute approximate surface area is 121 Å². The SMILES string of the molecule is Cc1ccccc1C(C)NC(=O)CNC(=O)C(C)(C)C. The van der Waals surface area contributed by atoms with Crippen LogP contribution < -0.4 is 10.6 Å². The van der Waals surface area contributed by atoms with Gasteiger partial charge in [0.25, 0.3) is 0 Å². The Morgan fingerprint density at radius 1 is 1.20 bits per heavy atom. The third-order valence-corrected chi connectivity index (χ3v) is 3.12. The van der Waals surface area contributed by atoms with E-state index in [0.717, 1.165) is 11.1 Å². The predicted octanol–water partition coefficient (Wildman–Crippen LogP) is 2.33. The zero-order chi connectivity index (χ0) is 15.3. The lowest BCUT2D eigenvalue weighted by atomic mass is 9.96. The van der Waals surface area contributed by atoms with Crippen LogP contribution in [0.15, 0.2) is 24.3 Å². The lowest BCUT2D eigenvalue weighted by Crippen LogP contribution is -2.42. The van der Waals surface area contributed by atoms with Gasteiger partial charge in [0.1, 0.15) is 0 Å². The van der Waals surface area contributed by atoms with Gasteiger partial charge in [-0.1, -0.05) is 45.0 Å². The second-order valence-corrected chi connectivity index (χ2v) is 6.08. The van der Waals surface area contributed by atoms with Crippen molar-refractivity contribution in [3.8, 4) is 0 Å². The first-order valence-corrected chi connectivity index (χ1v) is 6.85. The van der Waals surface area contributed by atoms with Crippen molar-refractivity contribution in [2.45, 2.75) is 40.7 Å². The summed E-state index contributed by atoms with van der Waals surface area (Å²) >= 11 is 0. The number of carbonyl (C=O) groups excluding carboxylic acids is 2. The Morgan fingerprint density at radius 3 is 2.35 bits per heavy atom. The maximum absolute atomic E-state index is 11.8. The van der Waals surface area contributed by atoms with Crippen molar-refractivity contribution in [1.29, 1.82) is 0 Å². The Balaban J connectivity index is 2.51. The van der Waals surface area contributed by atoms with E-state index in [1.807, 2.05) is 58.9 Å².